The minimum atomic E-state index is -4.27. The number of hydrogen-bond acceptors (Lipinski definition) is 0. The standard InChI is InChI=1S/C14H16ClF3/c15-11-6-2-1-5-10(9-11)12-7-3-4-8-13(12)14(16,17)18/h3-4,7-8,10-11H,1-2,5-6,9H2. The van der Waals surface area contributed by atoms with Gasteiger partial charge in [-0.2, -0.15) is 13.2 Å². The minimum absolute atomic E-state index is 0.00112. The summed E-state index contributed by atoms with van der Waals surface area (Å²) in [5.74, 6) is -0.0622. The molecule has 0 radical (unpaired) electrons. The van der Waals surface area contributed by atoms with Gasteiger partial charge in [-0.1, -0.05) is 31.0 Å². The zero-order valence-corrected chi connectivity index (χ0v) is 10.8. The summed E-state index contributed by atoms with van der Waals surface area (Å²) in [7, 11) is 0. The Labute approximate surface area is 110 Å². The van der Waals surface area contributed by atoms with E-state index in [1.807, 2.05) is 0 Å². The van der Waals surface area contributed by atoms with Gasteiger partial charge < -0.3 is 0 Å². The Hall–Kier alpha value is -0.700. The summed E-state index contributed by atoms with van der Waals surface area (Å²) in [5, 5.41) is -0.00112. The molecular weight excluding hydrogens is 261 g/mol. The van der Waals surface area contributed by atoms with Crippen molar-refractivity contribution in [2.45, 2.75) is 49.6 Å². The molecule has 0 amide bonds. The van der Waals surface area contributed by atoms with E-state index in [1.165, 1.54) is 12.1 Å². The summed E-state index contributed by atoms with van der Waals surface area (Å²) in [6.45, 7) is 0. The zero-order chi connectivity index (χ0) is 13.2. The SMILES string of the molecule is FC(F)(F)c1ccccc1C1CCCCC(Cl)C1. The first-order chi connectivity index (χ1) is 8.48. The monoisotopic (exact) mass is 276 g/mol. The predicted octanol–water partition coefficient (Wildman–Crippen LogP) is 5.36. The van der Waals surface area contributed by atoms with Crippen molar-refractivity contribution in [3.63, 3.8) is 0 Å². The molecular formula is C14H16ClF3. The summed E-state index contributed by atoms with van der Waals surface area (Å²) in [4.78, 5) is 0. The second-order valence-electron chi connectivity index (χ2n) is 4.90. The molecule has 1 aliphatic carbocycles. The maximum Gasteiger partial charge on any atom is 0.416 e. The highest BCUT2D eigenvalue weighted by atomic mass is 35.5. The van der Waals surface area contributed by atoms with Crippen LogP contribution in [0.15, 0.2) is 24.3 Å². The lowest BCUT2D eigenvalue weighted by Gasteiger charge is -2.21. The van der Waals surface area contributed by atoms with Crippen molar-refractivity contribution in [3.8, 4) is 0 Å². The average molecular weight is 277 g/mol. The molecule has 0 N–H and O–H groups in total. The van der Waals surface area contributed by atoms with Crippen LogP contribution in [0.2, 0.25) is 0 Å². The molecule has 2 rings (SSSR count). The van der Waals surface area contributed by atoms with E-state index >= 15 is 0 Å². The second-order valence-corrected chi connectivity index (χ2v) is 5.52. The number of alkyl halides is 4. The molecule has 0 aliphatic heterocycles. The molecule has 4 heteroatoms. The van der Waals surface area contributed by atoms with Crippen LogP contribution < -0.4 is 0 Å². The average Bonchev–Trinajstić information content (AvgIpc) is 2.53. The first kappa shape index (κ1) is 13.7. The molecule has 1 saturated carbocycles. The third kappa shape index (κ3) is 3.19. The highest BCUT2D eigenvalue weighted by Gasteiger charge is 2.35. The van der Waals surface area contributed by atoms with Crippen LogP contribution in [-0.4, -0.2) is 5.38 Å². The Morgan fingerprint density at radius 3 is 2.44 bits per heavy atom. The van der Waals surface area contributed by atoms with Gasteiger partial charge in [0, 0.05) is 5.38 Å². The van der Waals surface area contributed by atoms with Crippen molar-refractivity contribution in [3.05, 3.63) is 35.4 Å². The van der Waals surface area contributed by atoms with Gasteiger partial charge in [-0.15, -0.1) is 11.6 Å². The summed E-state index contributed by atoms with van der Waals surface area (Å²) in [6, 6.07) is 5.89. The van der Waals surface area contributed by atoms with E-state index in [2.05, 4.69) is 0 Å². The Balaban J connectivity index is 2.32. The topological polar surface area (TPSA) is 0 Å². The van der Waals surface area contributed by atoms with E-state index in [0.29, 0.717) is 12.0 Å². The first-order valence-corrected chi connectivity index (χ1v) is 6.72. The van der Waals surface area contributed by atoms with Gasteiger partial charge in [0.1, 0.15) is 0 Å². The van der Waals surface area contributed by atoms with Crippen molar-refractivity contribution in [1.29, 1.82) is 0 Å². The van der Waals surface area contributed by atoms with Crippen LogP contribution in [0.25, 0.3) is 0 Å². The van der Waals surface area contributed by atoms with E-state index in [9.17, 15) is 13.2 Å². The molecule has 18 heavy (non-hydrogen) atoms. The molecule has 1 fully saturated rings. The van der Waals surface area contributed by atoms with Crippen molar-refractivity contribution < 1.29 is 13.2 Å². The fourth-order valence-electron chi connectivity index (χ4n) is 2.69. The van der Waals surface area contributed by atoms with Gasteiger partial charge in [-0.05, 0) is 36.8 Å². The molecule has 1 aromatic carbocycles. The molecule has 2 atom stereocenters. The summed E-state index contributed by atoms with van der Waals surface area (Å²) >= 11 is 6.15. The van der Waals surface area contributed by atoms with Crippen LogP contribution in [0, 0.1) is 0 Å². The van der Waals surface area contributed by atoms with Gasteiger partial charge in [-0.3, -0.25) is 0 Å². The third-order valence-corrected chi connectivity index (χ3v) is 3.96. The molecule has 0 aromatic heterocycles. The smallest absolute Gasteiger partial charge is 0.166 e. The van der Waals surface area contributed by atoms with Crippen LogP contribution in [0.1, 0.15) is 49.1 Å². The van der Waals surface area contributed by atoms with Crippen LogP contribution in [-0.2, 0) is 6.18 Å². The van der Waals surface area contributed by atoms with Gasteiger partial charge in [-0.25, -0.2) is 0 Å². The maximum atomic E-state index is 13.0. The molecule has 100 valence electrons. The van der Waals surface area contributed by atoms with Gasteiger partial charge in [0.2, 0.25) is 0 Å². The fraction of sp³-hybridized carbons (Fsp3) is 0.571. The Bertz CT molecular complexity index is 400. The first-order valence-electron chi connectivity index (χ1n) is 6.28. The Morgan fingerprint density at radius 2 is 1.72 bits per heavy atom. The third-order valence-electron chi connectivity index (χ3n) is 3.57. The second kappa shape index (κ2) is 5.52. The minimum Gasteiger partial charge on any atom is -0.166 e. The normalized spacial score (nSPS) is 25.8. The molecule has 0 bridgehead atoms. The largest absolute Gasteiger partial charge is 0.416 e. The molecule has 1 aliphatic rings. The van der Waals surface area contributed by atoms with E-state index in [4.69, 9.17) is 11.6 Å². The number of hydrogen-bond donors (Lipinski definition) is 0. The van der Waals surface area contributed by atoms with E-state index in [1.54, 1.807) is 12.1 Å². The Kier molecular flexibility index (Phi) is 4.21. The maximum absolute atomic E-state index is 13.0. The molecule has 0 saturated heterocycles. The van der Waals surface area contributed by atoms with Gasteiger partial charge in [0.15, 0.2) is 0 Å². The van der Waals surface area contributed by atoms with E-state index < -0.39 is 11.7 Å². The molecule has 0 heterocycles. The highest BCUT2D eigenvalue weighted by Crippen LogP contribution is 2.40. The number of halogens is 4. The lowest BCUT2D eigenvalue weighted by Crippen LogP contribution is -2.13. The summed E-state index contributed by atoms with van der Waals surface area (Å²) in [6.07, 6.45) is 0.0564. The Morgan fingerprint density at radius 1 is 1.06 bits per heavy atom. The molecule has 1 aromatic rings. The van der Waals surface area contributed by atoms with Gasteiger partial charge in [0.05, 0.1) is 5.56 Å². The van der Waals surface area contributed by atoms with Crippen LogP contribution in [0.3, 0.4) is 0 Å². The number of rotatable bonds is 1. The predicted molar refractivity (Wildman–Crippen MR) is 66.9 cm³/mol. The summed E-state index contributed by atoms with van der Waals surface area (Å²) < 4.78 is 38.9. The number of benzene rings is 1. The molecule has 2 unspecified atom stereocenters. The fourth-order valence-corrected chi connectivity index (χ4v) is 3.06. The van der Waals surface area contributed by atoms with E-state index in [-0.39, 0.29) is 11.3 Å². The van der Waals surface area contributed by atoms with Crippen molar-refractivity contribution in [2.75, 3.05) is 0 Å². The molecule has 0 spiro atoms. The van der Waals surface area contributed by atoms with E-state index in [0.717, 1.165) is 25.7 Å². The summed E-state index contributed by atoms with van der Waals surface area (Å²) in [5.41, 5.74) is -0.0849. The quantitative estimate of drug-likeness (QED) is 0.478. The lowest BCUT2D eigenvalue weighted by molar-refractivity contribution is -0.138. The highest BCUT2D eigenvalue weighted by molar-refractivity contribution is 6.20. The van der Waals surface area contributed by atoms with Crippen molar-refractivity contribution in [2.24, 2.45) is 0 Å². The van der Waals surface area contributed by atoms with Gasteiger partial charge in [0.25, 0.3) is 0 Å². The lowest BCUT2D eigenvalue weighted by atomic mass is 9.88. The molecule has 0 nitrogen and oxygen atoms in total. The van der Waals surface area contributed by atoms with Crippen molar-refractivity contribution in [1.82, 2.24) is 0 Å². The van der Waals surface area contributed by atoms with Crippen LogP contribution in [0.4, 0.5) is 13.2 Å². The zero-order valence-electron chi connectivity index (χ0n) is 10.0. The van der Waals surface area contributed by atoms with Crippen LogP contribution >= 0.6 is 11.6 Å². The van der Waals surface area contributed by atoms with Gasteiger partial charge >= 0.3 is 6.18 Å². The van der Waals surface area contributed by atoms with Crippen molar-refractivity contribution >= 4 is 11.6 Å². The van der Waals surface area contributed by atoms with Crippen LogP contribution in [0.5, 0.6) is 0 Å².